The van der Waals surface area contributed by atoms with Gasteiger partial charge in [0.15, 0.2) is 16.7 Å². The molecule has 0 atom stereocenters. The van der Waals surface area contributed by atoms with Crippen LogP contribution in [0.3, 0.4) is 0 Å². The number of amidine groups is 1. The fourth-order valence-electron chi connectivity index (χ4n) is 3.55. The molecule has 3 rings (SSSR count). The highest BCUT2D eigenvalue weighted by Gasteiger charge is 2.34. The maximum atomic E-state index is 13.1. The summed E-state index contributed by atoms with van der Waals surface area (Å²) in [6, 6.07) is 13.4. The molecule has 0 spiro atoms. The van der Waals surface area contributed by atoms with Crippen LogP contribution in [-0.2, 0) is 14.8 Å². The molecule has 2 aromatic carbocycles. The zero-order valence-corrected chi connectivity index (χ0v) is 22.3. The maximum absolute atomic E-state index is 13.1. The van der Waals surface area contributed by atoms with Gasteiger partial charge in [-0.1, -0.05) is 62.9 Å². The Morgan fingerprint density at radius 3 is 2.50 bits per heavy atom. The summed E-state index contributed by atoms with van der Waals surface area (Å²) >= 11 is 1.02. The third-order valence-corrected chi connectivity index (χ3v) is 7.83. The minimum Gasteiger partial charge on any atom is -0.493 e. The van der Waals surface area contributed by atoms with E-state index in [-0.39, 0.29) is 22.5 Å². The highest BCUT2D eigenvalue weighted by atomic mass is 32.2. The Balaban J connectivity index is 1.83. The fraction of sp³-hybridized carbons (Fsp3) is 0.333. The van der Waals surface area contributed by atoms with Gasteiger partial charge in [-0.05, 0) is 54.1 Å². The molecule has 1 aliphatic heterocycles. The van der Waals surface area contributed by atoms with Crippen LogP contribution in [0.1, 0.15) is 44.6 Å². The quantitative estimate of drug-likeness (QED) is 0.183. The molecule has 0 unspecified atom stereocenters. The van der Waals surface area contributed by atoms with Gasteiger partial charge in [-0.15, -0.1) is 11.0 Å². The Labute approximate surface area is 218 Å². The van der Waals surface area contributed by atoms with Gasteiger partial charge in [0, 0.05) is 6.54 Å². The van der Waals surface area contributed by atoms with E-state index in [0.717, 1.165) is 30.2 Å². The van der Waals surface area contributed by atoms with E-state index in [0.29, 0.717) is 23.0 Å². The number of unbranched alkanes of at least 4 members (excludes halogenated alkanes) is 4. The topological polar surface area (TPSA) is 85.3 Å². The fourth-order valence-corrected chi connectivity index (χ4v) is 5.76. The van der Waals surface area contributed by atoms with Gasteiger partial charge in [-0.25, -0.2) is 0 Å². The Morgan fingerprint density at radius 2 is 1.81 bits per heavy atom. The lowest BCUT2D eigenvalue weighted by Crippen LogP contribution is -2.29. The molecule has 1 fully saturated rings. The summed E-state index contributed by atoms with van der Waals surface area (Å²) in [5.41, 5.74) is 0.735. The lowest BCUT2D eigenvalue weighted by molar-refractivity contribution is -0.121. The molecule has 2 aromatic rings. The molecule has 1 saturated heterocycles. The molecule has 36 heavy (non-hydrogen) atoms. The number of hydrogen-bond donors (Lipinski definition) is 0. The van der Waals surface area contributed by atoms with Crippen molar-refractivity contribution in [2.45, 2.75) is 43.9 Å². The number of thioether (sulfide) groups is 1. The van der Waals surface area contributed by atoms with Crippen LogP contribution < -0.4 is 9.47 Å². The minimum atomic E-state index is -3.97. The van der Waals surface area contributed by atoms with Crippen LogP contribution in [0, 0.1) is 0 Å². The van der Waals surface area contributed by atoms with E-state index in [9.17, 15) is 13.2 Å². The Hall–Kier alpha value is -3.04. The van der Waals surface area contributed by atoms with E-state index in [4.69, 9.17) is 9.47 Å². The van der Waals surface area contributed by atoms with Gasteiger partial charge in [-0.2, -0.15) is 8.42 Å². The second-order valence-electron chi connectivity index (χ2n) is 8.15. The number of ether oxygens (including phenoxy) is 2. The van der Waals surface area contributed by atoms with Crippen molar-refractivity contribution >= 4 is 38.9 Å². The van der Waals surface area contributed by atoms with Gasteiger partial charge in [0.2, 0.25) is 0 Å². The van der Waals surface area contributed by atoms with Crippen molar-refractivity contribution in [1.82, 2.24) is 4.90 Å². The molecule has 0 N–H and O–H groups in total. The predicted molar refractivity (Wildman–Crippen MR) is 146 cm³/mol. The third-order valence-electron chi connectivity index (χ3n) is 5.43. The van der Waals surface area contributed by atoms with Crippen LogP contribution in [0.2, 0.25) is 0 Å². The molecule has 1 amide bonds. The number of rotatable bonds is 13. The van der Waals surface area contributed by atoms with E-state index < -0.39 is 10.0 Å². The largest absolute Gasteiger partial charge is 0.493 e. The van der Waals surface area contributed by atoms with Gasteiger partial charge in [-0.3, -0.25) is 9.69 Å². The second kappa shape index (κ2) is 13.3. The molecule has 0 saturated carbocycles. The summed E-state index contributed by atoms with van der Waals surface area (Å²) in [6.07, 6.45) is 8.90. The molecule has 0 aromatic heterocycles. The number of nitrogens with zero attached hydrogens (tertiary/aromatic N) is 2. The van der Waals surface area contributed by atoms with E-state index in [2.05, 4.69) is 17.9 Å². The molecule has 0 aliphatic carbocycles. The monoisotopic (exact) mass is 528 g/mol. The summed E-state index contributed by atoms with van der Waals surface area (Å²) in [7, 11) is -2.39. The van der Waals surface area contributed by atoms with Crippen molar-refractivity contribution in [2.75, 3.05) is 20.3 Å². The minimum absolute atomic E-state index is 0.0631. The van der Waals surface area contributed by atoms with Crippen molar-refractivity contribution in [2.24, 2.45) is 4.40 Å². The van der Waals surface area contributed by atoms with Crippen molar-refractivity contribution < 1.29 is 22.7 Å². The van der Waals surface area contributed by atoms with Crippen LogP contribution in [0.5, 0.6) is 11.5 Å². The molecular formula is C27H32N2O5S2. The van der Waals surface area contributed by atoms with Crippen LogP contribution in [0.15, 0.2) is 75.4 Å². The highest BCUT2D eigenvalue weighted by molar-refractivity contribution is 8.19. The van der Waals surface area contributed by atoms with Gasteiger partial charge in [0.05, 0.1) is 23.5 Å². The normalized spacial score (nSPS) is 16.1. The zero-order chi connectivity index (χ0) is 26.0. The van der Waals surface area contributed by atoms with Crippen LogP contribution in [0.4, 0.5) is 0 Å². The first-order chi connectivity index (χ1) is 17.4. The maximum Gasteiger partial charge on any atom is 0.284 e. The molecule has 0 bridgehead atoms. The van der Waals surface area contributed by atoms with Crippen LogP contribution >= 0.6 is 11.8 Å². The van der Waals surface area contributed by atoms with Gasteiger partial charge in [0.1, 0.15) is 0 Å². The van der Waals surface area contributed by atoms with Crippen molar-refractivity contribution in [3.05, 3.63) is 71.7 Å². The number of hydrogen-bond acceptors (Lipinski definition) is 6. The number of sulfonamides is 1. The first kappa shape index (κ1) is 27.5. The van der Waals surface area contributed by atoms with E-state index >= 15 is 0 Å². The lowest BCUT2D eigenvalue weighted by Gasteiger charge is -2.12. The standard InChI is InChI=1S/C27H32N2O5S2/c1-4-6-7-8-12-18-34-24-19-21(15-16-23(24)33-3)20-25-26(30)29(17-5-2)27(35-25)28-36(31,32)22-13-10-9-11-14-22/h5,9-11,13-16,19-20H,2,4,6-8,12,17-18H2,1,3H3. The Morgan fingerprint density at radius 1 is 1.06 bits per heavy atom. The molecule has 1 heterocycles. The van der Waals surface area contributed by atoms with Gasteiger partial charge >= 0.3 is 0 Å². The average molecular weight is 529 g/mol. The van der Waals surface area contributed by atoms with E-state index in [1.807, 2.05) is 12.1 Å². The summed E-state index contributed by atoms with van der Waals surface area (Å²) in [5.74, 6) is 0.873. The van der Waals surface area contributed by atoms with E-state index in [1.165, 1.54) is 42.4 Å². The second-order valence-corrected chi connectivity index (χ2v) is 10.8. The lowest BCUT2D eigenvalue weighted by atomic mass is 10.1. The van der Waals surface area contributed by atoms with Crippen molar-refractivity contribution in [3.63, 3.8) is 0 Å². The van der Waals surface area contributed by atoms with Crippen molar-refractivity contribution in [1.29, 1.82) is 0 Å². The highest BCUT2D eigenvalue weighted by Crippen LogP contribution is 2.35. The van der Waals surface area contributed by atoms with Crippen LogP contribution in [0.25, 0.3) is 6.08 Å². The number of methoxy groups -OCH3 is 1. The molecular weight excluding hydrogens is 496 g/mol. The first-order valence-electron chi connectivity index (χ1n) is 11.9. The first-order valence-corrected chi connectivity index (χ1v) is 14.2. The molecule has 1 aliphatic rings. The Kier molecular flexibility index (Phi) is 10.2. The SMILES string of the molecule is C=CCN1C(=O)C(=Cc2ccc(OC)c(OCCCCCCC)c2)SC1=NS(=O)(=O)c1ccccc1. The van der Waals surface area contributed by atoms with Crippen molar-refractivity contribution in [3.8, 4) is 11.5 Å². The number of carbonyl (C=O) groups is 1. The predicted octanol–water partition coefficient (Wildman–Crippen LogP) is 5.89. The smallest absolute Gasteiger partial charge is 0.284 e. The van der Waals surface area contributed by atoms with E-state index in [1.54, 1.807) is 37.5 Å². The summed E-state index contributed by atoms with van der Waals surface area (Å²) in [6.45, 7) is 6.58. The third kappa shape index (κ3) is 7.24. The van der Waals surface area contributed by atoms with Gasteiger partial charge < -0.3 is 9.47 Å². The average Bonchev–Trinajstić information content (AvgIpc) is 3.15. The zero-order valence-electron chi connectivity index (χ0n) is 20.7. The molecule has 9 heteroatoms. The number of carbonyl (C=O) groups excluding carboxylic acids is 1. The number of amides is 1. The molecule has 0 radical (unpaired) electrons. The molecule has 7 nitrogen and oxygen atoms in total. The van der Waals surface area contributed by atoms with Crippen LogP contribution in [-0.4, -0.2) is 44.7 Å². The van der Waals surface area contributed by atoms with Gasteiger partial charge in [0.25, 0.3) is 15.9 Å². The number of benzene rings is 2. The summed E-state index contributed by atoms with van der Waals surface area (Å²) < 4.78 is 40.9. The molecule has 192 valence electrons. The Bertz CT molecular complexity index is 1220. The summed E-state index contributed by atoms with van der Waals surface area (Å²) in [5, 5.41) is 0.0899. The summed E-state index contributed by atoms with van der Waals surface area (Å²) in [4.78, 5) is 14.8.